The van der Waals surface area contributed by atoms with Gasteiger partial charge in [-0.05, 0) is 37.8 Å². The molecule has 0 aliphatic heterocycles. The molecule has 1 aliphatic rings. The van der Waals surface area contributed by atoms with E-state index in [1.807, 2.05) is 0 Å². The number of hydrogen-bond acceptors (Lipinski definition) is 1. The Morgan fingerprint density at radius 1 is 1.42 bits per heavy atom. The fourth-order valence-corrected chi connectivity index (χ4v) is 1.91. The summed E-state index contributed by atoms with van der Waals surface area (Å²) in [5.74, 6) is 1.96. The maximum atomic E-state index is 3.49. The highest BCUT2D eigenvalue weighted by Gasteiger charge is 2.19. The zero-order valence-corrected chi connectivity index (χ0v) is 8.60. The molecule has 0 aromatic heterocycles. The molecule has 12 heavy (non-hydrogen) atoms. The van der Waals surface area contributed by atoms with E-state index in [0.29, 0.717) is 0 Å². The zero-order valence-electron chi connectivity index (χ0n) is 8.60. The summed E-state index contributed by atoms with van der Waals surface area (Å²) in [6.45, 7) is 7.02. The van der Waals surface area contributed by atoms with Crippen LogP contribution in [0.3, 0.4) is 0 Å². The highest BCUT2D eigenvalue weighted by molar-refractivity contribution is 4.72. The summed E-state index contributed by atoms with van der Waals surface area (Å²) in [5, 5.41) is 3.49. The fraction of sp³-hybridized carbons (Fsp3) is 1.00. The van der Waals surface area contributed by atoms with Crippen molar-refractivity contribution in [3.05, 3.63) is 0 Å². The first-order chi connectivity index (χ1) is 5.83. The van der Waals surface area contributed by atoms with Crippen molar-refractivity contribution >= 4 is 0 Å². The van der Waals surface area contributed by atoms with Gasteiger partial charge in [0.2, 0.25) is 0 Å². The van der Waals surface area contributed by atoms with E-state index in [4.69, 9.17) is 0 Å². The summed E-state index contributed by atoms with van der Waals surface area (Å²) in [6.07, 6.45) is 7.20. The summed E-state index contributed by atoms with van der Waals surface area (Å²) in [5.41, 5.74) is 0. The lowest BCUT2D eigenvalue weighted by Crippen LogP contribution is -2.25. The molecule has 0 saturated heterocycles. The molecule has 72 valence electrons. The molecular weight excluding hydrogens is 146 g/mol. The SMILES string of the molecule is CCCNCC(C)CC1CCC1. The van der Waals surface area contributed by atoms with Crippen molar-refractivity contribution in [2.24, 2.45) is 11.8 Å². The molecule has 0 spiro atoms. The third-order valence-corrected chi connectivity index (χ3v) is 2.88. The molecule has 0 aromatic carbocycles. The quantitative estimate of drug-likeness (QED) is 0.603. The van der Waals surface area contributed by atoms with Crippen LogP contribution >= 0.6 is 0 Å². The van der Waals surface area contributed by atoms with Crippen molar-refractivity contribution in [1.29, 1.82) is 0 Å². The van der Waals surface area contributed by atoms with Crippen molar-refractivity contribution in [3.63, 3.8) is 0 Å². The Kier molecular flexibility index (Phi) is 4.67. The average molecular weight is 169 g/mol. The van der Waals surface area contributed by atoms with Crippen molar-refractivity contribution in [1.82, 2.24) is 5.32 Å². The molecule has 0 bridgehead atoms. The van der Waals surface area contributed by atoms with Gasteiger partial charge in [0.25, 0.3) is 0 Å². The van der Waals surface area contributed by atoms with Crippen LogP contribution in [0, 0.1) is 11.8 Å². The van der Waals surface area contributed by atoms with Gasteiger partial charge in [0, 0.05) is 0 Å². The Bertz CT molecular complexity index is 108. The predicted octanol–water partition coefficient (Wildman–Crippen LogP) is 2.81. The summed E-state index contributed by atoms with van der Waals surface area (Å²) in [7, 11) is 0. The molecule has 0 amide bonds. The monoisotopic (exact) mass is 169 g/mol. The van der Waals surface area contributed by atoms with Crippen LogP contribution in [0.25, 0.3) is 0 Å². The van der Waals surface area contributed by atoms with Crippen molar-refractivity contribution < 1.29 is 0 Å². The molecule has 1 N–H and O–H groups in total. The van der Waals surface area contributed by atoms with Crippen LogP contribution in [0.15, 0.2) is 0 Å². The smallest absolute Gasteiger partial charge is 0.00231 e. The Morgan fingerprint density at radius 3 is 2.67 bits per heavy atom. The number of hydrogen-bond donors (Lipinski definition) is 1. The average Bonchev–Trinajstić information content (AvgIpc) is 1.98. The maximum absolute atomic E-state index is 3.49. The van der Waals surface area contributed by atoms with E-state index in [1.54, 1.807) is 0 Å². The first kappa shape index (κ1) is 10.0. The van der Waals surface area contributed by atoms with Crippen LogP contribution in [0.2, 0.25) is 0 Å². The molecule has 1 heteroatoms. The minimum absolute atomic E-state index is 0.891. The largest absolute Gasteiger partial charge is 0.316 e. The molecule has 1 fully saturated rings. The van der Waals surface area contributed by atoms with Gasteiger partial charge in [-0.3, -0.25) is 0 Å². The number of nitrogens with one attached hydrogen (secondary N) is 1. The lowest BCUT2D eigenvalue weighted by molar-refractivity contribution is 0.253. The molecule has 0 radical (unpaired) electrons. The summed E-state index contributed by atoms with van der Waals surface area (Å²) in [6, 6.07) is 0. The summed E-state index contributed by atoms with van der Waals surface area (Å²) in [4.78, 5) is 0. The highest BCUT2D eigenvalue weighted by Crippen LogP contribution is 2.31. The zero-order chi connectivity index (χ0) is 8.81. The maximum Gasteiger partial charge on any atom is -0.00231 e. The van der Waals surface area contributed by atoms with E-state index in [-0.39, 0.29) is 0 Å². The number of rotatable bonds is 6. The van der Waals surface area contributed by atoms with E-state index in [1.165, 1.54) is 45.2 Å². The van der Waals surface area contributed by atoms with Gasteiger partial charge in [-0.1, -0.05) is 33.1 Å². The Labute approximate surface area is 76.9 Å². The molecule has 1 atom stereocenters. The van der Waals surface area contributed by atoms with E-state index in [9.17, 15) is 0 Å². The van der Waals surface area contributed by atoms with Gasteiger partial charge in [0.05, 0.1) is 0 Å². The van der Waals surface area contributed by atoms with Crippen LogP contribution in [0.1, 0.15) is 46.0 Å². The summed E-state index contributed by atoms with van der Waals surface area (Å²) >= 11 is 0. The van der Waals surface area contributed by atoms with Crippen molar-refractivity contribution in [2.75, 3.05) is 13.1 Å². The molecule has 1 saturated carbocycles. The van der Waals surface area contributed by atoms with Crippen LogP contribution in [0.5, 0.6) is 0 Å². The van der Waals surface area contributed by atoms with E-state index >= 15 is 0 Å². The second kappa shape index (κ2) is 5.58. The molecule has 1 unspecified atom stereocenters. The van der Waals surface area contributed by atoms with Gasteiger partial charge in [-0.15, -0.1) is 0 Å². The summed E-state index contributed by atoms with van der Waals surface area (Å²) < 4.78 is 0. The standard InChI is InChI=1S/C11H23N/c1-3-7-12-9-10(2)8-11-5-4-6-11/h10-12H,3-9H2,1-2H3. The van der Waals surface area contributed by atoms with Crippen LogP contribution < -0.4 is 5.32 Å². The van der Waals surface area contributed by atoms with Crippen LogP contribution in [-0.4, -0.2) is 13.1 Å². The Hall–Kier alpha value is -0.0400. The van der Waals surface area contributed by atoms with Crippen LogP contribution in [0.4, 0.5) is 0 Å². The molecule has 0 aromatic rings. The Balaban J connectivity index is 1.91. The molecule has 1 nitrogen and oxygen atoms in total. The first-order valence-electron chi connectivity index (χ1n) is 5.53. The first-order valence-corrected chi connectivity index (χ1v) is 5.53. The molecule has 1 rings (SSSR count). The second-order valence-electron chi connectivity index (χ2n) is 4.34. The van der Waals surface area contributed by atoms with E-state index in [2.05, 4.69) is 19.2 Å². The van der Waals surface area contributed by atoms with Gasteiger partial charge in [0.15, 0.2) is 0 Å². The molecule has 0 heterocycles. The van der Waals surface area contributed by atoms with Gasteiger partial charge < -0.3 is 5.32 Å². The third kappa shape index (κ3) is 3.57. The topological polar surface area (TPSA) is 12.0 Å². The lowest BCUT2D eigenvalue weighted by Gasteiger charge is -2.28. The molecule has 1 aliphatic carbocycles. The van der Waals surface area contributed by atoms with Crippen LogP contribution in [-0.2, 0) is 0 Å². The van der Waals surface area contributed by atoms with Gasteiger partial charge in [-0.25, -0.2) is 0 Å². The Morgan fingerprint density at radius 2 is 2.17 bits per heavy atom. The van der Waals surface area contributed by atoms with Gasteiger partial charge in [-0.2, -0.15) is 0 Å². The lowest BCUT2D eigenvalue weighted by atomic mass is 9.79. The van der Waals surface area contributed by atoms with Crippen molar-refractivity contribution in [3.8, 4) is 0 Å². The fourth-order valence-electron chi connectivity index (χ4n) is 1.91. The predicted molar refractivity (Wildman–Crippen MR) is 54.3 cm³/mol. The normalized spacial score (nSPS) is 20.5. The van der Waals surface area contributed by atoms with Gasteiger partial charge >= 0.3 is 0 Å². The van der Waals surface area contributed by atoms with E-state index in [0.717, 1.165) is 11.8 Å². The third-order valence-electron chi connectivity index (χ3n) is 2.88. The minimum Gasteiger partial charge on any atom is -0.316 e. The second-order valence-corrected chi connectivity index (χ2v) is 4.34. The highest BCUT2D eigenvalue weighted by atomic mass is 14.8. The minimum atomic E-state index is 0.891. The van der Waals surface area contributed by atoms with Crippen molar-refractivity contribution in [2.45, 2.75) is 46.0 Å². The molecular formula is C11H23N. The van der Waals surface area contributed by atoms with E-state index < -0.39 is 0 Å². The van der Waals surface area contributed by atoms with Gasteiger partial charge in [0.1, 0.15) is 0 Å².